The van der Waals surface area contributed by atoms with E-state index in [4.69, 9.17) is 16.6 Å². The molecule has 0 amide bonds. The Kier molecular flexibility index (Phi) is 3.95. The molecule has 0 spiro atoms. The Morgan fingerprint density at radius 1 is 1.15 bits per heavy atom. The summed E-state index contributed by atoms with van der Waals surface area (Å²) in [5.74, 6) is 0.631. The quantitative estimate of drug-likeness (QED) is 0.718. The first kappa shape index (κ1) is 15.4. The molecule has 2 rings (SSSR count). The average Bonchev–Trinajstić information content (AvgIpc) is 2.55. The van der Waals surface area contributed by atoms with Crippen LogP contribution >= 0.6 is 27.5 Å². The summed E-state index contributed by atoms with van der Waals surface area (Å²) in [6.07, 6.45) is 0. The molecule has 0 aliphatic heterocycles. The second kappa shape index (κ2) is 5.11. The van der Waals surface area contributed by atoms with E-state index >= 15 is 0 Å². The molecule has 4 nitrogen and oxygen atoms in total. The zero-order valence-electron chi connectivity index (χ0n) is 12.5. The van der Waals surface area contributed by atoms with E-state index in [1.54, 1.807) is 0 Å². The van der Waals surface area contributed by atoms with Gasteiger partial charge in [0.05, 0.1) is 21.4 Å². The Morgan fingerprint density at radius 2 is 1.75 bits per heavy atom. The molecule has 0 saturated carbocycles. The largest absolute Gasteiger partial charge is 0.272 e. The van der Waals surface area contributed by atoms with Crippen LogP contribution in [0.5, 0.6) is 0 Å². The highest BCUT2D eigenvalue weighted by Crippen LogP contribution is 2.35. The lowest BCUT2D eigenvalue weighted by Gasteiger charge is -2.20. The van der Waals surface area contributed by atoms with Gasteiger partial charge < -0.3 is 0 Å². The van der Waals surface area contributed by atoms with E-state index in [1.165, 1.54) is 0 Å². The highest BCUT2D eigenvalue weighted by atomic mass is 79.9. The zero-order valence-corrected chi connectivity index (χ0v) is 14.9. The van der Waals surface area contributed by atoms with Crippen LogP contribution in [0.1, 0.15) is 37.9 Å². The molecule has 0 aromatic carbocycles. The van der Waals surface area contributed by atoms with Crippen molar-refractivity contribution in [1.29, 1.82) is 0 Å². The van der Waals surface area contributed by atoms with Crippen molar-refractivity contribution in [3.05, 3.63) is 26.7 Å². The number of halogens is 2. The van der Waals surface area contributed by atoms with Gasteiger partial charge in [-0.15, -0.1) is 0 Å². The molecule has 0 N–H and O–H groups in total. The van der Waals surface area contributed by atoms with Crippen molar-refractivity contribution < 1.29 is 0 Å². The van der Waals surface area contributed by atoms with Gasteiger partial charge in [0.1, 0.15) is 5.15 Å². The van der Waals surface area contributed by atoms with Gasteiger partial charge in [-0.3, -0.25) is 4.68 Å². The van der Waals surface area contributed by atoms with E-state index in [9.17, 15) is 0 Å². The molecule has 0 radical (unpaired) electrons. The van der Waals surface area contributed by atoms with Crippen LogP contribution < -0.4 is 0 Å². The van der Waals surface area contributed by atoms with E-state index in [-0.39, 0.29) is 5.41 Å². The van der Waals surface area contributed by atoms with Crippen LogP contribution in [0.3, 0.4) is 0 Å². The number of nitrogens with zero attached hydrogens (tertiary/aromatic N) is 4. The summed E-state index contributed by atoms with van der Waals surface area (Å²) in [4.78, 5) is 9.12. The van der Waals surface area contributed by atoms with Crippen LogP contribution in [-0.2, 0) is 12.5 Å². The third-order valence-electron chi connectivity index (χ3n) is 3.25. The van der Waals surface area contributed by atoms with Gasteiger partial charge in [-0.05, 0) is 29.8 Å². The van der Waals surface area contributed by atoms with Crippen molar-refractivity contribution in [1.82, 2.24) is 19.7 Å². The van der Waals surface area contributed by atoms with Crippen molar-refractivity contribution in [3.8, 4) is 11.4 Å². The maximum atomic E-state index is 6.26. The molecule has 6 heteroatoms. The Bertz CT molecular complexity index is 671. The molecule has 2 heterocycles. The van der Waals surface area contributed by atoms with Gasteiger partial charge in [-0.25, -0.2) is 9.97 Å². The molecule has 0 aliphatic carbocycles. The van der Waals surface area contributed by atoms with Gasteiger partial charge >= 0.3 is 0 Å². The molecule has 20 heavy (non-hydrogen) atoms. The normalized spacial score (nSPS) is 12.0. The van der Waals surface area contributed by atoms with Gasteiger partial charge in [-0.1, -0.05) is 32.4 Å². The maximum absolute atomic E-state index is 6.26. The van der Waals surface area contributed by atoms with Crippen LogP contribution in [0.2, 0.25) is 5.15 Å². The van der Waals surface area contributed by atoms with Crippen molar-refractivity contribution in [3.63, 3.8) is 0 Å². The van der Waals surface area contributed by atoms with Crippen molar-refractivity contribution in [2.45, 2.75) is 40.0 Å². The van der Waals surface area contributed by atoms with E-state index < -0.39 is 0 Å². The van der Waals surface area contributed by atoms with E-state index in [0.29, 0.717) is 11.0 Å². The minimum absolute atomic E-state index is 0.121. The van der Waals surface area contributed by atoms with Crippen molar-refractivity contribution in [2.75, 3.05) is 0 Å². The first-order valence-electron chi connectivity index (χ1n) is 6.37. The molecule has 0 fully saturated rings. The second-order valence-electron chi connectivity index (χ2n) is 5.92. The Morgan fingerprint density at radius 3 is 2.20 bits per heavy atom. The average molecular weight is 358 g/mol. The Labute approximate surface area is 132 Å². The molecule has 108 valence electrons. The van der Waals surface area contributed by atoms with E-state index in [2.05, 4.69) is 46.8 Å². The highest BCUT2D eigenvalue weighted by molar-refractivity contribution is 9.10. The van der Waals surface area contributed by atoms with Gasteiger partial charge in [0.2, 0.25) is 0 Å². The predicted molar refractivity (Wildman–Crippen MR) is 85.1 cm³/mol. The smallest absolute Gasteiger partial charge is 0.164 e. The van der Waals surface area contributed by atoms with Crippen LogP contribution in [-0.4, -0.2) is 19.7 Å². The van der Waals surface area contributed by atoms with Gasteiger partial charge in [0, 0.05) is 18.2 Å². The minimum atomic E-state index is -0.121. The summed E-state index contributed by atoms with van der Waals surface area (Å²) in [6, 6.07) is 0. The third kappa shape index (κ3) is 2.61. The summed E-state index contributed by atoms with van der Waals surface area (Å²) in [5.41, 5.74) is 3.66. The van der Waals surface area contributed by atoms with Gasteiger partial charge in [-0.2, -0.15) is 5.10 Å². The van der Waals surface area contributed by atoms with Crippen LogP contribution in [0.25, 0.3) is 11.4 Å². The van der Waals surface area contributed by atoms with Crippen LogP contribution in [0.15, 0.2) is 4.47 Å². The summed E-state index contributed by atoms with van der Waals surface area (Å²) < 4.78 is 2.59. The van der Waals surface area contributed by atoms with Crippen LogP contribution in [0.4, 0.5) is 0 Å². The number of aryl methyl sites for hydroxylation is 2. The highest BCUT2D eigenvalue weighted by Gasteiger charge is 2.24. The monoisotopic (exact) mass is 356 g/mol. The molecule has 0 bridgehead atoms. The molecule has 2 aromatic heterocycles. The number of aromatic nitrogens is 4. The number of hydrogen-bond donors (Lipinski definition) is 0. The lowest BCUT2D eigenvalue weighted by atomic mass is 9.92. The summed E-state index contributed by atoms with van der Waals surface area (Å²) in [6.45, 7) is 10.3. The fourth-order valence-corrected chi connectivity index (χ4v) is 3.07. The fraction of sp³-hybridized carbons (Fsp3) is 0.500. The number of hydrogen-bond acceptors (Lipinski definition) is 3. The SMILES string of the molecule is Cc1nn(C)c(C)c1-c1nc(Cl)c(Br)c(C(C)(C)C)n1. The number of rotatable bonds is 1. The Hall–Kier alpha value is -0.940. The first-order chi connectivity index (χ1) is 9.12. The van der Waals surface area contributed by atoms with Crippen molar-refractivity contribution >= 4 is 27.5 Å². The first-order valence-corrected chi connectivity index (χ1v) is 7.54. The zero-order chi connectivity index (χ0) is 15.2. The second-order valence-corrected chi connectivity index (χ2v) is 7.07. The molecule has 0 aliphatic rings. The molecule has 0 unspecified atom stereocenters. The topological polar surface area (TPSA) is 43.6 Å². The molecule has 2 aromatic rings. The van der Waals surface area contributed by atoms with Gasteiger partial charge in [0.25, 0.3) is 0 Å². The summed E-state index contributed by atoms with van der Waals surface area (Å²) in [7, 11) is 1.91. The summed E-state index contributed by atoms with van der Waals surface area (Å²) in [5, 5.41) is 4.85. The summed E-state index contributed by atoms with van der Waals surface area (Å²) >= 11 is 9.75. The van der Waals surface area contributed by atoms with Gasteiger partial charge in [0.15, 0.2) is 5.82 Å². The third-order valence-corrected chi connectivity index (χ3v) is 4.51. The predicted octanol–water partition coefficient (Wildman–Crippen LogP) is 4.21. The maximum Gasteiger partial charge on any atom is 0.164 e. The lowest BCUT2D eigenvalue weighted by Crippen LogP contribution is -2.16. The minimum Gasteiger partial charge on any atom is -0.272 e. The van der Waals surface area contributed by atoms with Crippen LogP contribution in [0, 0.1) is 13.8 Å². The molecule has 0 atom stereocenters. The van der Waals surface area contributed by atoms with E-state index in [1.807, 2.05) is 25.6 Å². The Balaban J connectivity index is 2.74. The standard InChI is InChI=1S/C14H18BrClN4/c1-7-9(8(2)20(6)19-7)13-17-11(14(3,4)5)10(15)12(16)18-13/h1-6H3. The van der Waals surface area contributed by atoms with Crippen molar-refractivity contribution in [2.24, 2.45) is 7.05 Å². The van der Waals surface area contributed by atoms with E-state index in [0.717, 1.165) is 27.1 Å². The molecule has 0 saturated heterocycles. The molecular weight excluding hydrogens is 340 g/mol. The lowest BCUT2D eigenvalue weighted by molar-refractivity contribution is 0.564. The molecular formula is C14H18BrClN4. The fourth-order valence-electron chi connectivity index (χ4n) is 2.13.